The van der Waals surface area contributed by atoms with Crippen LogP contribution in [0.4, 0.5) is 0 Å². The standard InChI is InChI=1S/C7H12N4O/c8-7(12)5-4-11-2-1-9-3-6(11)10-5/h6,9H,1-4H2,(H2,8,12). The Kier molecular flexibility index (Phi) is 1.82. The van der Waals surface area contributed by atoms with Gasteiger partial charge in [-0.1, -0.05) is 0 Å². The van der Waals surface area contributed by atoms with Crippen LogP contribution < -0.4 is 11.1 Å². The molecule has 66 valence electrons. The predicted octanol–water partition coefficient (Wildman–Crippen LogP) is -1.84. The van der Waals surface area contributed by atoms with Gasteiger partial charge in [0.15, 0.2) is 0 Å². The molecule has 1 atom stereocenters. The fourth-order valence-electron chi connectivity index (χ4n) is 1.60. The Morgan fingerprint density at radius 2 is 2.58 bits per heavy atom. The number of nitrogens with two attached hydrogens (primary N) is 1. The minimum atomic E-state index is -0.385. The molecule has 12 heavy (non-hydrogen) atoms. The molecule has 0 aromatic heterocycles. The summed E-state index contributed by atoms with van der Waals surface area (Å²) >= 11 is 0. The molecule has 0 spiro atoms. The first kappa shape index (κ1) is 7.70. The molecule has 1 fully saturated rings. The Bertz CT molecular complexity index is 238. The van der Waals surface area contributed by atoms with E-state index in [1.165, 1.54) is 0 Å². The largest absolute Gasteiger partial charge is 0.365 e. The molecule has 0 radical (unpaired) electrons. The summed E-state index contributed by atoms with van der Waals surface area (Å²) < 4.78 is 0. The van der Waals surface area contributed by atoms with Crippen LogP contribution in [0, 0.1) is 0 Å². The van der Waals surface area contributed by atoms with Crippen molar-refractivity contribution >= 4 is 11.6 Å². The molecule has 5 heteroatoms. The van der Waals surface area contributed by atoms with Crippen LogP contribution in [0.15, 0.2) is 4.99 Å². The van der Waals surface area contributed by atoms with Gasteiger partial charge in [0.2, 0.25) is 0 Å². The number of piperazine rings is 1. The van der Waals surface area contributed by atoms with Gasteiger partial charge in [0, 0.05) is 26.2 Å². The van der Waals surface area contributed by atoms with Crippen LogP contribution >= 0.6 is 0 Å². The molecule has 2 aliphatic rings. The highest BCUT2D eigenvalue weighted by Gasteiger charge is 2.30. The molecule has 0 aromatic rings. The summed E-state index contributed by atoms with van der Waals surface area (Å²) in [5.74, 6) is -0.385. The lowest BCUT2D eigenvalue weighted by Gasteiger charge is -2.27. The summed E-state index contributed by atoms with van der Waals surface area (Å²) in [6.07, 6.45) is 0.140. The van der Waals surface area contributed by atoms with Gasteiger partial charge in [0.05, 0.1) is 0 Å². The normalized spacial score (nSPS) is 29.7. The average Bonchev–Trinajstić information content (AvgIpc) is 2.46. The van der Waals surface area contributed by atoms with E-state index in [1.54, 1.807) is 0 Å². The summed E-state index contributed by atoms with van der Waals surface area (Å²) in [7, 11) is 0. The van der Waals surface area contributed by atoms with Crippen LogP contribution in [0.25, 0.3) is 0 Å². The number of rotatable bonds is 1. The van der Waals surface area contributed by atoms with Crippen molar-refractivity contribution in [2.75, 3.05) is 26.2 Å². The van der Waals surface area contributed by atoms with Crippen molar-refractivity contribution in [3.63, 3.8) is 0 Å². The van der Waals surface area contributed by atoms with Gasteiger partial charge in [0.1, 0.15) is 11.9 Å². The number of aliphatic imine (C=N–C) groups is 1. The molecular formula is C7H12N4O. The van der Waals surface area contributed by atoms with Crippen molar-refractivity contribution in [3.8, 4) is 0 Å². The van der Waals surface area contributed by atoms with Crippen molar-refractivity contribution in [1.82, 2.24) is 10.2 Å². The zero-order valence-corrected chi connectivity index (χ0v) is 6.79. The van der Waals surface area contributed by atoms with Crippen LogP contribution in [-0.4, -0.2) is 48.9 Å². The van der Waals surface area contributed by atoms with Gasteiger partial charge >= 0.3 is 0 Å². The molecule has 3 N–H and O–H groups in total. The fraction of sp³-hybridized carbons (Fsp3) is 0.714. The molecule has 1 unspecified atom stereocenters. The molecule has 0 aromatic carbocycles. The van der Waals surface area contributed by atoms with E-state index in [4.69, 9.17) is 5.73 Å². The number of hydrogen-bond donors (Lipinski definition) is 2. The average molecular weight is 168 g/mol. The van der Waals surface area contributed by atoms with E-state index in [-0.39, 0.29) is 12.1 Å². The van der Waals surface area contributed by atoms with E-state index in [0.717, 1.165) is 19.6 Å². The number of amides is 1. The van der Waals surface area contributed by atoms with Crippen molar-refractivity contribution in [1.29, 1.82) is 0 Å². The monoisotopic (exact) mass is 168 g/mol. The second-order valence-electron chi connectivity index (χ2n) is 3.10. The van der Waals surface area contributed by atoms with Gasteiger partial charge in [-0.05, 0) is 0 Å². The summed E-state index contributed by atoms with van der Waals surface area (Å²) in [5.41, 5.74) is 5.65. The van der Waals surface area contributed by atoms with Gasteiger partial charge < -0.3 is 11.1 Å². The lowest BCUT2D eigenvalue weighted by atomic mass is 10.3. The molecule has 1 saturated heterocycles. The van der Waals surface area contributed by atoms with Crippen LogP contribution in [0.5, 0.6) is 0 Å². The predicted molar refractivity (Wildman–Crippen MR) is 44.9 cm³/mol. The Labute approximate surface area is 70.6 Å². The first-order chi connectivity index (χ1) is 5.77. The van der Waals surface area contributed by atoms with E-state index in [1.807, 2.05) is 0 Å². The van der Waals surface area contributed by atoms with E-state index in [9.17, 15) is 4.79 Å². The zero-order valence-electron chi connectivity index (χ0n) is 6.79. The number of hydrogen-bond acceptors (Lipinski definition) is 4. The summed E-state index contributed by atoms with van der Waals surface area (Å²) in [4.78, 5) is 17.2. The van der Waals surface area contributed by atoms with Gasteiger partial charge in [0.25, 0.3) is 5.91 Å². The second kappa shape index (κ2) is 2.84. The quantitative estimate of drug-likeness (QED) is 0.483. The van der Waals surface area contributed by atoms with Crippen LogP contribution in [0.3, 0.4) is 0 Å². The summed E-state index contributed by atoms with van der Waals surface area (Å²) in [6.45, 7) is 3.38. The SMILES string of the molecule is NC(=O)C1=NC2CNCCN2C1. The van der Waals surface area contributed by atoms with Crippen LogP contribution in [0.2, 0.25) is 0 Å². The Balaban J connectivity index is 2.09. The lowest BCUT2D eigenvalue weighted by molar-refractivity contribution is -0.112. The topological polar surface area (TPSA) is 70.7 Å². The third-order valence-corrected chi connectivity index (χ3v) is 2.27. The van der Waals surface area contributed by atoms with E-state index < -0.39 is 0 Å². The number of carbonyl (C=O) groups excluding carboxylic acids is 1. The maximum absolute atomic E-state index is 10.8. The Morgan fingerprint density at radius 3 is 3.25 bits per heavy atom. The van der Waals surface area contributed by atoms with Crippen molar-refractivity contribution < 1.29 is 4.79 Å². The molecule has 5 nitrogen and oxygen atoms in total. The van der Waals surface area contributed by atoms with Gasteiger partial charge in [-0.15, -0.1) is 0 Å². The number of carbonyl (C=O) groups is 1. The highest BCUT2D eigenvalue weighted by Crippen LogP contribution is 2.11. The highest BCUT2D eigenvalue weighted by atomic mass is 16.1. The number of fused-ring (bicyclic) bond motifs is 1. The third kappa shape index (κ3) is 1.21. The number of primary amides is 1. The molecule has 0 bridgehead atoms. The van der Waals surface area contributed by atoms with Gasteiger partial charge in [-0.3, -0.25) is 14.7 Å². The van der Waals surface area contributed by atoms with Gasteiger partial charge in [-0.2, -0.15) is 0 Å². The van der Waals surface area contributed by atoms with E-state index in [0.29, 0.717) is 12.3 Å². The minimum Gasteiger partial charge on any atom is -0.365 e. The molecule has 1 amide bonds. The number of nitrogens with zero attached hydrogens (tertiary/aromatic N) is 2. The van der Waals surface area contributed by atoms with Crippen LogP contribution in [-0.2, 0) is 4.79 Å². The molecule has 0 saturated carbocycles. The smallest absolute Gasteiger partial charge is 0.264 e. The minimum absolute atomic E-state index is 0.140. The third-order valence-electron chi connectivity index (χ3n) is 2.27. The molecule has 2 heterocycles. The van der Waals surface area contributed by atoms with Crippen molar-refractivity contribution in [2.45, 2.75) is 6.17 Å². The van der Waals surface area contributed by atoms with Crippen LogP contribution in [0.1, 0.15) is 0 Å². The fourth-order valence-corrected chi connectivity index (χ4v) is 1.60. The zero-order chi connectivity index (χ0) is 8.55. The maximum Gasteiger partial charge on any atom is 0.264 e. The Morgan fingerprint density at radius 1 is 1.75 bits per heavy atom. The van der Waals surface area contributed by atoms with Crippen molar-refractivity contribution in [3.05, 3.63) is 0 Å². The van der Waals surface area contributed by atoms with E-state index in [2.05, 4.69) is 15.2 Å². The maximum atomic E-state index is 10.8. The summed E-state index contributed by atoms with van der Waals surface area (Å²) in [6, 6.07) is 0. The first-order valence-corrected chi connectivity index (χ1v) is 4.08. The van der Waals surface area contributed by atoms with Crippen molar-refractivity contribution in [2.24, 2.45) is 10.7 Å². The van der Waals surface area contributed by atoms with E-state index >= 15 is 0 Å². The molecule has 0 aliphatic carbocycles. The highest BCUT2D eigenvalue weighted by molar-refractivity contribution is 6.39. The summed E-state index contributed by atoms with van der Waals surface area (Å²) in [5, 5.41) is 3.21. The van der Waals surface area contributed by atoms with Gasteiger partial charge in [-0.25, -0.2) is 0 Å². The number of nitrogens with one attached hydrogen (secondary N) is 1. The Hall–Kier alpha value is -0.940. The molecular weight excluding hydrogens is 156 g/mol. The molecule has 2 rings (SSSR count). The lowest BCUT2D eigenvalue weighted by Crippen LogP contribution is -2.48. The second-order valence-corrected chi connectivity index (χ2v) is 3.10. The first-order valence-electron chi connectivity index (χ1n) is 4.08. The molecule has 2 aliphatic heterocycles.